The number of aliphatic hydroxyl groups excluding tert-OH is 2. The van der Waals surface area contributed by atoms with Crippen molar-refractivity contribution in [1.82, 2.24) is 5.32 Å². The number of thioether (sulfide) groups is 1. The van der Waals surface area contributed by atoms with Gasteiger partial charge in [-0.15, -0.1) is 0 Å². The van der Waals surface area contributed by atoms with Crippen LogP contribution in [0.1, 0.15) is 80.6 Å². The lowest BCUT2D eigenvalue weighted by Crippen LogP contribution is -2.47. The first-order valence-corrected chi connectivity index (χ1v) is 14.0. The smallest absolute Gasteiger partial charge is 0.223 e. The Morgan fingerprint density at radius 2 is 1.92 bits per heavy atom. The van der Waals surface area contributed by atoms with Gasteiger partial charge in [0.05, 0.1) is 53.4 Å². The molecule has 1 amide bonds. The van der Waals surface area contributed by atoms with Gasteiger partial charge >= 0.3 is 0 Å². The summed E-state index contributed by atoms with van der Waals surface area (Å²) in [6, 6.07) is -0.242. The monoisotopic (exact) mass is 520 g/mol. The zero-order valence-corrected chi connectivity index (χ0v) is 23.7. The number of ether oxygens (including phenoxy) is 1. The minimum absolute atomic E-state index is 0.0280. The number of rotatable bonds is 2. The summed E-state index contributed by atoms with van der Waals surface area (Å²) in [6.45, 7) is 13.8. The van der Waals surface area contributed by atoms with Crippen LogP contribution in [0, 0.1) is 17.3 Å². The number of Topliss-reactive ketones (excluding diaryl/α,β-unsaturated/α-hetero) is 1. The second-order valence-electron chi connectivity index (χ2n) is 11.7. The normalized spacial score (nSPS) is 40.0. The summed E-state index contributed by atoms with van der Waals surface area (Å²) in [7, 11) is 0. The molecule has 0 radical (unpaired) electrons. The molecule has 0 aliphatic carbocycles. The number of aliphatic hydroxyl groups is 2. The molecular formula is C28H44N2O5S. The molecule has 3 aliphatic heterocycles. The number of nitrogens with zero attached hydrogens (tertiary/aromatic N) is 1. The summed E-state index contributed by atoms with van der Waals surface area (Å²) >= 11 is 1.66. The quantitative estimate of drug-likeness (QED) is 0.471. The van der Waals surface area contributed by atoms with Crippen molar-refractivity contribution >= 4 is 28.5 Å². The molecule has 7 nitrogen and oxygen atoms in total. The van der Waals surface area contributed by atoms with Crippen LogP contribution < -0.4 is 5.32 Å². The van der Waals surface area contributed by atoms with E-state index in [1.807, 2.05) is 26.8 Å². The maximum absolute atomic E-state index is 13.3. The van der Waals surface area contributed by atoms with E-state index in [2.05, 4.69) is 23.3 Å². The minimum atomic E-state index is -1.16. The number of amides is 1. The summed E-state index contributed by atoms with van der Waals surface area (Å²) < 4.78 is 6.11. The number of aliphatic imine (C=N–C) groups is 1. The number of hydrogen-bond acceptors (Lipinski definition) is 7. The Labute approximate surface area is 220 Å². The van der Waals surface area contributed by atoms with Crippen LogP contribution in [-0.4, -0.2) is 63.4 Å². The second-order valence-corrected chi connectivity index (χ2v) is 13.0. The third kappa shape index (κ3) is 6.88. The van der Waals surface area contributed by atoms with E-state index in [1.54, 1.807) is 32.5 Å². The SMILES string of the molecule is CC1=NC/C(=C\C=C(/C)[C@@H]2C[C@@H]3O[C@]3(C)CCC[C@H](C)[C@H](O)[C@@H](C)C(=O)C(C)(C)[C@@H](O)CC(=O)N2)S1. The lowest BCUT2D eigenvalue weighted by molar-refractivity contribution is -0.143. The van der Waals surface area contributed by atoms with Gasteiger partial charge in [0.1, 0.15) is 5.78 Å². The average Bonchev–Trinajstić information content (AvgIpc) is 3.24. The van der Waals surface area contributed by atoms with Gasteiger partial charge in [0, 0.05) is 17.2 Å². The number of hydrogen-bond donors (Lipinski definition) is 3. The third-order valence-electron chi connectivity index (χ3n) is 8.33. The van der Waals surface area contributed by atoms with Gasteiger partial charge in [0.2, 0.25) is 5.91 Å². The number of ketones is 1. The van der Waals surface area contributed by atoms with Crippen molar-refractivity contribution in [2.24, 2.45) is 22.2 Å². The van der Waals surface area contributed by atoms with Crippen LogP contribution in [0.15, 0.2) is 27.6 Å². The van der Waals surface area contributed by atoms with Gasteiger partial charge in [0.15, 0.2) is 0 Å². The molecule has 8 heteroatoms. The van der Waals surface area contributed by atoms with Crippen LogP contribution in [0.25, 0.3) is 0 Å². The first-order chi connectivity index (χ1) is 16.7. The number of fused-ring (bicyclic) bond motifs is 1. The Hall–Kier alpha value is -1.48. The fraction of sp³-hybridized carbons (Fsp3) is 0.750. The van der Waals surface area contributed by atoms with Crippen LogP contribution in [0.2, 0.25) is 0 Å². The van der Waals surface area contributed by atoms with E-state index in [9.17, 15) is 19.8 Å². The summed E-state index contributed by atoms with van der Waals surface area (Å²) in [5.74, 6) is -1.22. The fourth-order valence-corrected chi connectivity index (χ4v) is 6.05. The average molecular weight is 521 g/mol. The first-order valence-electron chi connectivity index (χ1n) is 13.2. The van der Waals surface area contributed by atoms with Crippen LogP contribution in [0.4, 0.5) is 0 Å². The molecule has 0 spiro atoms. The second kappa shape index (κ2) is 11.5. The van der Waals surface area contributed by atoms with E-state index < -0.39 is 23.5 Å². The highest BCUT2D eigenvalue weighted by molar-refractivity contribution is 8.17. The number of nitrogens with one attached hydrogen (secondary N) is 1. The molecule has 0 aromatic carbocycles. The number of epoxide rings is 1. The van der Waals surface area contributed by atoms with Crippen LogP contribution in [0.5, 0.6) is 0 Å². The van der Waals surface area contributed by atoms with E-state index in [4.69, 9.17) is 4.74 Å². The molecule has 36 heavy (non-hydrogen) atoms. The van der Waals surface area contributed by atoms with E-state index >= 15 is 0 Å². The zero-order valence-electron chi connectivity index (χ0n) is 22.8. The molecule has 0 unspecified atom stereocenters. The van der Waals surface area contributed by atoms with Gasteiger partial charge in [-0.3, -0.25) is 14.6 Å². The lowest BCUT2D eigenvalue weighted by Gasteiger charge is -2.34. The van der Waals surface area contributed by atoms with Gasteiger partial charge in [-0.25, -0.2) is 0 Å². The van der Waals surface area contributed by atoms with Gasteiger partial charge in [-0.05, 0) is 39.5 Å². The van der Waals surface area contributed by atoms with Crippen LogP contribution >= 0.6 is 11.8 Å². The number of carbonyl (C=O) groups is 2. The van der Waals surface area contributed by atoms with Crippen molar-refractivity contribution in [3.05, 3.63) is 22.6 Å². The van der Waals surface area contributed by atoms with Gasteiger partial charge in [-0.2, -0.15) is 0 Å². The summed E-state index contributed by atoms with van der Waals surface area (Å²) in [4.78, 5) is 31.9. The van der Waals surface area contributed by atoms with Crippen molar-refractivity contribution < 1.29 is 24.5 Å². The highest BCUT2D eigenvalue weighted by Gasteiger charge is 2.52. The molecule has 2 fully saturated rings. The minimum Gasteiger partial charge on any atom is -0.392 e. The molecule has 7 atom stereocenters. The van der Waals surface area contributed by atoms with E-state index in [0.29, 0.717) is 13.0 Å². The van der Waals surface area contributed by atoms with E-state index in [0.717, 1.165) is 29.9 Å². The van der Waals surface area contributed by atoms with Crippen LogP contribution in [0.3, 0.4) is 0 Å². The maximum atomic E-state index is 13.3. The highest BCUT2D eigenvalue weighted by atomic mass is 32.2. The van der Waals surface area contributed by atoms with Crippen molar-refractivity contribution in [2.45, 2.75) is 111 Å². The Kier molecular flexibility index (Phi) is 9.29. The van der Waals surface area contributed by atoms with Gasteiger partial charge < -0.3 is 20.3 Å². The lowest BCUT2D eigenvalue weighted by atomic mass is 9.72. The van der Waals surface area contributed by atoms with Gasteiger partial charge in [-0.1, -0.05) is 63.6 Å². The molecule has 0 saturated carbocycles. The standard InChI is InChI=1S/C28H44N2O5S/c1-16(10-11-20-15-29-19(4)36-20)21-13-23-28(7,35-23)12-8-9-17(2)25(33)18(3)26(34)27(5,6)22(31)14-24(32)30-21/h10-11,17-18,21-23,25,31,33H,8-9,12-15H2,1-7H3,(H,30,32)/b16-10+,20-11+/t17-,18+,21-,22-,23-,25-,28+/m0/s1. The van der Waals surface area contributed by atoms with E-state index in [1.165, 1.54) is 4.91 Å². The topological polar surface area (TPSA) is 112 Å². The van der Waals surface area contributed by atoms with Crippen molar-refractivity contribution in [3.8, 4) is 0 Å². The number of allylic oxidation sites excluding steroid dienone is 2. The molecule has 3 rings (SSSR count). The van der Waals surface area contributed by atoms with Crippen molar-refractivity contribution in [3.63, 3.8) is 0 Å². The molecule has 0 bridgehead atoms. The molecular weight excluding hydrogens is 476 g/mol. The number of carbonyl (C=O) groups excluding carboxylic acids is 2. The zero-order chi connectivity index (χ0) is 26.8. The summed E-state index contributed by atoms with van der Waals surface area (Å²) in [5.41, 5.74) is -0.400. The highest BCUT2D eigenvalue weighted by Crippen LogP contribution is 2.44. The fourth-order valence-electron chi connectivity index (χ4n) is 5.28. The Balaban J connectivity index is 1.82. The maximum Gasteiger partial charge on any atom is 0.223 e. The molecule has 3 N–H and O–H groups in total. The summed E-state index contributed by atoms with van der Waals surface area (Å²) in [5, 5.41) is 25.9. The predicted molar refractivity (Wildman–Crippen MR) is 145 cm³/mol. The van der Waals surface area contributed by atoms with Crippen molar-refractivity contribution in [2.75, 3.05) is 6.54 Å². The Bertz CT molecular complexity index is 942. The molecule has 202 valence electrons. The predicted octanol–water partition coefficient (Wildman–Crippen LogP) is 4.18. The molecule has 2 saturated heterocycles. The van der Waals surface area contributed by atoms with Crippen LogP contribution in [-0.2, 0) is 14.3 Å². The van der Waals surface area contributed by atoms with Crippen molar-refractivity contribution in [1.29, 1.82) is 0 Å². The van der Waals surface area contributed by atoms with E-state index in [-0.39, 0.29) is 41.8 Å². The Morgan fingerprint density at radius 3 is 2.56 bits per heavy atom. The Morgan fingerprint density at radius 1 is 1.22 bits per heavy atom. The molecule has 3 aliphatic rings. The van der Waals surface area contributed by atoms with Gasteiger partial charge in [0.25, 0.3) is 0 Å². The summed E-state index contributed by atoms with van der Waals surface area (Å²) in [6.07, 6.45) is 5.16. The third-order valence-corrected chi connectivity index (χ3v) is 9.28. The molecule has 3 heterocycles. The largest absolute Gasteiger partial charge is 0.392 e. The first kappa shape index (κ1) is 29.1. The molecule has 0 aromatic rings. The molecule has 0 aromatic heterocycles.